The third kappa shape index (κ3) is 3.76. The van der Waals surface area contributed by atoms with Gasteiger partial charge in [0.1, 0.15) is 6.54 Å². The van der Waals surface area contributed by atoms with Crippen LogP contribution in [0.25, 0.3) is 0 Å². The molecule has 0 saturated carbocycles. The number of aryl methyl sites for hydroxylation is 1. The number of hydrogen-bond donors (Lipinski definition) is 1. The minimum absolute atomic E-state index is 0.218. The van der Waals surface area contributed by atoms with Gasteiger partial charge in [0.15, 0.2) is 0 Å². The summed E-state index contributed by atoms with van der Waals surface area (Å²) >= 11 is 0. The van der Waals surface area contributed by atoms with Gasteiger partial charge in [-0.15, -0.1) is 4.91 Å². The molecule has 0 spiro atoms. The van der Waals surface area contributed by atoms with Gasteiger partial charge in [-0.05, 0) is 12.5 Å². The molecule has 0 unspecified atom stereocenters. The first-order chi connectivity index (χ1) is 7.11. The largest absolute Gasteiger partial charge is 0.480 e. The Kier molecular flexibility index (Phi) is 3.79. The molecular weight excluding hydrogens is 196 g/mol. The van der Waals surface area contributed by atoms with Crippen LogP contribution < -0.4 is 0 Å². The van der Waals surface area contributed by atoms with Crippen LogP contribution in [0.15, 0.2) is 29.6 Å². The Bertz CT molecular complexity index is 348. The molecule has 0 heterocycles. The lowest BCUT2D eigenvalue weighted by Crippen LogP contribution is -2.23. The van der Waals surface area contributed by atoms with Crippen LogP contribution in [-0.4, -0.2) is 22.6 Å². The Morgan fingerprint density at radius 3 is 2.47 bits per heavy atom. The number of carboxylic acids is 1. The number of benzene rings is 1. The molecule has 0 aliphatic rings. The summed E-state index contributed by atoms with van der Waals surface area (Å²) in [5, 5.41) is 12.1. The highest BCUT2D eigenvalue weighted by atomic mass is 16.4. The SMILES string of the molecule is Cc1ccc(CN(CC(=O)O)N=O)cc1. The summed E-state index contributed by atoms with van der Waals surface area (Å²) < 4.78 is 0. The molecule has 0 fully saturated rings. The van der Waals surface area contributed by atoms with E-state index in [9.17, 15) is 9.70 Å². The first-order valence-corrected chi connectivity index (χ1v) is 4.47. The molecule has 15 heavy (non-hydrogen) atoms. The van der Waals surface area contributed by atoms with Gasteiger partial charge in [0.25, 0.3) is 0 Å². The van der Waals surface area contributed by atoms with E-state index < -0.39 is 5.97 Å². The average molecular weight is 208 g/mol. The maximum atomic E-state index is 10.4. The van der Waals surface area contributed by atoms with Gasteiger partial charge in [0, 0.05) is 0 Å². The standard InChI is InChI=1S/C10H12N2O3/c1-8-2-4-9(5-3-8)6-12(11-15)7-10(13)14/h2-5H,6-7H2,1H3,(H,13,14). The zero-order valence-electron chi connectivity index (χ0n) is 8.38. The number of rotatable bonds is 5. The Hall–Kier alpha value is -1.91. The third-order valence-corrected chi connectivity index (χ3v) is 1.92. The molecule has 0 atom stereocenters. The summed E-state index contributed by atoms with van der Waals surface area (Å²) in [7, 11) is 0. The van der Waals surface area contributed by atoms with Crippen LogP contribution in [0.2, 0.25) is 0 Å². The molecule has 5 nitrogen and oxygen atoms in total. The molecular formula is C10H12N2O3. The molecule has 0 bridgehead atoms. The van der Waals surface area contributed by atoms with Crippen LogP contribution in [0.1, 0.15) is 11.1 Å². The van der Waals surface area contributed by atoms with Crippen molar-refractivity contribution in [1.29, 1.82) is 0 Å². The van der Waals surface area contributed by atoms with Crippen molar-refractivity contribution >= 4 is 5.97 Å². The second-order valence-corrected chi connectivity index (χ2v) is 3.28. The molecule has 1 aromatic carbocycles. The quantitative estimate of drug-likeness (QED) is 0.589. The van der Waals surface area contributed by atoms with Gasteiger partial charge >= 0.3 is 5.97 Å². The van der Waals surface area contributed by atoms with Crippen molar-refractivity contribution in [1.82, 2.24) is 5.01 Å². The van der Waals surface area contributed by atoms with Gasteiger partial charge in [-0.1, -0.05) is 29.8 Å². The molecule has 0 aromatic heterocycles. The van der Waals surface area contributed by atoms with Crippen LogP contribution in [0.4, 0.5) is 0 Å². The van der Waals surface area contributed by atoms with Gasteiger partial charge in [0.05, 0.1) is 11.8 Å². The molecule has 0 aliphatic heterocycles. The molecule has 0 radical (unpaired) electrons. The average Bonchev–Trinajstić information content (AvgIpc) is 2.19. The van der Waals surface area contributed by atoms with Crippen molar-refractivity contribution in [3.8, 4) is 0 Å². The van der Waals surface area contributed by atoms with E-state index in [2.05, 4.69) is 5.29 Å². The fourth-order valence-corrected chi connectivity index (χ4v) is 1.17. The van der Waals surface area contributed by atoms with Gasteiger partial charge < -0.3 is 5.11 Å². The Labute approximate surface area is 87.3 Å². The van der Waals surface area contributed by atoms with E-state index >= 15 is 0 Å². The van der Waals surface area contributed by atoms with Crippen molar-refractivity contribution in [3.63, 3.8) is 0 Å². The summed E-state index contributed by atoms with van der Waals surface area (Å²) in [4.78, 5) is 20.7. The van der Waals surface area contributed by atoms with E-state index in [0.717, 1.165) is 16.1 Å². The molecule has 0 aliphatic carbocycles. The second-order valence-electron chi connectivity index (χ2n) is 3.28. The van der Waals surface area contributed by atoms with Crippen molar-refractivity contribution in [3.05, 3.63) is 40.3 Å². The minimum atomic E-state index is -1.07. The number of hydrogen-bond acceptors (Lipinski definition) is 3. The fourth-order valence-electron chi connectivity index (χ4n) is 1.17. The predicted octanol–water partition coefficient (Wildman–Crippen LogP) is 1.56. The van der Waals surface area contributed by atoms with E-state index in [1.165, 1.54) is 0 Å². The van der Waals surface area contributed by atoms with E-state index in [1.807, 2.05) is 31.2 Å². The number of nitrogens with zero attached hydrogens (tertiary/aromatic N) is 2. The van der Waals surface area contributed by atoms with Gasteiger partial charge in [0.2, 0.25) is 0 Å². The highest BCUT2D eigenvalue weighted by Crippen LogP contribution is 2.06. The van der Waals surface area contributed by atoms with Gasteiger partial charge in [-0.25, -0.2) is 5.01 Å². The monoisotopic (exact) mass is 208 g/mol. The first kappa shape index (κ1) is 11.2. The van der Waals surface area contributed by atoms with Crippen LogP contribution in [0.3, 0.4) is 0 Å². The smallest absolute Gasteiger partial charge is 0.325 e. The molecule has 1 N–H and O–H groups in total. The van der Waals surface area contributed by atoms with Gasteiger partial charge in [-0.2, -0.15) is 0 Å². The van der Waals surface area contributed by atoms with Gasteiger partial charge in [-0.3, -0.25) is 4.79 Å². The van der Waals surface area contributed by atoms with Crippen LogP contribution in [0, 0.1) is 11.8 Å². The molecule has 5 heteroatoms. The highest BCUT2D eigenvalue weighted by Gasteiger charge is 2.08. The van der Waals surface area contributed by atoms with Crippen LogP contribution >= 0.6 is 0 Å². The molecule has 1 aromatic rings. The number of nitroso groups, excluding NO2 is 1. The lowest BCUT2D eigenvalue weighted by molar-refractivity contribution is -0.138. The van der Waals surface area contributed by atoms with Crippen LogP contribution in [0.5, 0.6) is 0 Å². The summed E-state index contributed by atoms with van der Waals surface area (Å²) in [5.41, 5.74) is 1.98. The Morgan fingerprint density at radius 1 is 1.40 bits per heavy atom. The summed E-state index contributed by atoms with van der Waals surface area (Å²) in [6.07, 6.45) is 0. The second kappa shape index (κ2) is 5.09. The Morgan fingerprint density at radius 2 is 2.00 bits per heavy atom. The van der Waals surface area contributed by atoms with E-state index in [1.54, 1.807) is 0 Å². The maximum absolute atomic E-state index is 10.4. The van der Waals surface area contributed by atoms with Crippen molar-refractivity contribution in [2.75, 3.05) is 6.54 Å². The number of carbonyl (C=O) groups is 1. The maximum Gasteiger partial charge on any atom is 0.325 e. The minimum Gasteiger partial charge on any atom is -0.480 e. The fraction of sp³-hybridized carbons (Fsp3) is 0.300. The summed E-state index contributed by atoms with van der Waals surface area (Å²) in [6, 6.07) is 7.49. The van der Waals surface area contributed by atoms with Crippen molar-refractivity contribution < 1.29 is 9.90 Å². The van der Waals surface area contributed by atoms with Crippen molar-refractivity contribution in [2.24, 2.45) is 5.29 Å². The lowest BCUT2D eigenvalue weighted by atomic mass is 10.1. The normalized spacial score (nSPS) is 9.67. The van der Waals surface area contributed by atoms with Crippen molar-refractivity contribution in [2.45, 2.75) is 13.5 Å². The zero-order chi connectivity index (χ0) is 11.3. The topological polar surface area (TPSA) is 70.0 Å². The Balaban J connectivity index is 2.62. The molecule has 80 valence electrons. The molecule has 0 saturated heterocycles. The predicted molar refractivity (Wildman–Crippen MR) is 55.0 cm³/mol. The lowest BCUT2D eigenvalue weighted by Gasteiger charge is -2.12. The third-order valence-electron chi connectivity index (χ3n) is 1.92. The summed E-state index contributed by atoms with van der Waals surface area (Å²) in [6.45, 7) is 1.80. The van der Waals surface area contributed by atoms with Crippen LogP contribution in [-0.2, 0) is 11.3 Å². The zero-order valence-corrected chi connectivity index (χ0v) is 8.38. The first-order valence-electron chi connectivity index (χ1n) is 4.47. The summed E-state index contributed by atoms with van der Waals surface area (Å²) in [5.74, 6) is -1.07. The van der Waals surface area contributed by atoms with E-state index in [-0.39, 0.29) is 13.1 Å². The van der Waals surface area contributed by atoms with E-state index in [4.69, 9.17) is 5.11 Å². The molecule has 0 amide bonds. The number of aliphatic carboxylic acids is 1. The van der Waals surface area contributed by atoms with E-state index in [0.29, 0.717) is 0 Å². The molecule has 1 rings (SSSR count). The highest BCUT2D eigenvalue weighted by molar-refractivity contribution is 5.68. The number of carboxylic acid groups (broad SMARTS) is 1.